The Bertz CT molecular complexity index is 1060. The van der Waals surface area contributed by atoms with Gasteiger partial charge in [0.1, 0.15) is 17.6 Å². The van der Waals surface area contributed by atoms with Gasteiger partial charge in [-0.3, -0.25) is 4.48 Å². The molecule has 1 saturated carbocycles. The van der Waals surface area contributed by atoms with Gasteiger partial charge in [-0.15, -0.1) is 0 Å². The van der Waals surface area contributed by atoms with Gasteiger partial charge in [0.2, 0.25) is 6.23 Å². The molecule has 0 spiro atoms. The average molecular weight is 522 g/mol. The van der Waals surface area contributed by atoms with Crippen molar-refractivity contribution in [3.05, 3.63) is 70.3 Å². The second-order valence-electron chi connectivity index (χ2n) is 9.89. The Kier molecular flexibility index (Phi) is 9.36. The second-order valence-corrected chi connectivity index (χ2v) is 9.89. The van der Waals surface area contributed by atoms with Crippen LogP contribution in [0.1, 0.15) is 47.4 Å². The first-order valence-electron chi connectivity index (χ1n) is 12.2. The van der Waals surface area contributed by atoms with Crippen molar-refractivity contribution >= 4 is 11.9 Å². The second kappa shape index (κ2) is 12.1. The van der Waals surface area contributed by atoms with Crippen molar-refractivity contribution in [1.82, 2.24) is 0 Å². The van der Waals surface area contributed by atoms with Crippen LogP contribution in [0.2, 0.25) is 0 Å². The van der Waals surface area contributed by atoms with Crippen molar-refractivity contribution in [1.29, 1.82) is 0 Å². The van der Waals surface area contributed by atoms with Crippen LogP contribution in [0.25, 0.3) is 0 Å². The lowest BCUT2D eigenvalue weighted by molar-refractivity contribution is -0.999. The first-order chi connectivity index (χ1) is 17.5. The summed E-state index contributed by atoms with van der Waals surface area (Å²) in [6.45, 7) is 2.59. The van der Waals surface area contributed by atoms with Crippen LogP contribution in [0, 0.1) is 31.4 Å². The molecule has 1 aliphatic rings. The molecule has 0 bridgehead atoms. The monoisotopic (exact) mass is 521 g/mol. The van der Waals surface area contributed by atoms with Gasteiger partial charge in [-0.05, 0) is 55.5 Å². The molecular formula is C27H33F2NO7. The van der Waals surface area contributed by atoms with Crippen LogP contribution < -0.4 is 5.11 Å². The number of benzene rings is 2. The normalized spacial score (nSPS) is 17.9. The maximum Gasteiger partial charge on any atom is 0.392 e. The molecule has 1 fully saturated rings. The number of aliphatic hydroxyl groups excluding tert-OH is 2. The van der Waals surface area contributed by atoms with Gasteiger partial charge in [0.05, 0.1) is 32.2 Å². The van der Waals surface area contributed by atoms with E-state index in [1.54, 1.807) is 0 Å². The Labute approximate surface area is 214 Å². The summed E-state index contributed by atoms with van der Waals surface area (Å²) in [5, 5.41) is 43.2. The quantitative estimate of drug-likeness (QED) is 0.272. The third kappa shape index (κ3) is 6.32. The lowest BCUT2D eigenvalue weighted by Crippen LogP contribution is -2.71. The van der Waals surface area contributed by atoms with Gasteiger partial charge in [0.25, 0.3) is 6.23 Å². The fourth-order valence-corrected chi connectivity index (χ4v) is 5.28. The zero-order valence-corrected chi connectivity index (χ0v) is 20.9. The largest absolute Gasteiger partial charge is 0.542 e. The highest BCUT2D eigenvalue weighted by molar-refractivity contribution is 5.72. The molecule has 3 N–H and O–H groups in total. The lowest BCUT2D eigenvalue weighted by atomic mass is 9.83. The highest BCUT2D eigenvalue weighted by atomic mass is 19.1. The number of aliphatic hydroxyl groups is 2. The number of aryl methyl sites for hydroxylation is 2. The van der Waals surface area contributed by atoms with Crippen molar-refractivity contribution in [2.75, 3.05) is 19.7 Å². The van der Waals surface area contributed by atoms with E-state index >= 15 is 0 Å². The number of hydrogen-bond acceptors (Lipinski definition) is 6. The molecule has 0 amide bonds. The molecule has 202 valence electrons. The minimum absolute atomic E-state index is 0.102. The van der Waals surface area contributed by atoms with E-state index in [1.165, 1.54) is 6.07 Å². The highest BCUT2D eigenvalue weighted by Crippen LogP contribution is 2.36. The van der Waals surface area contributed by atoms with Crippen LogP contribution in [0.3, 0.4) is 0 Å². The summed E-state index contributed by atoms with van der Waals surface area (Å²) in [6, 6.07) is 8.88. The van der Waals surface area contributed by atoms with E-state index in [4.69, 9.17) is 4.74 Å². The SMILES string of the molecule is Cc1cccc(C)c1C(COCc1c(F)cccc1F)C[N+](CC1CCC1)(C(O)C(=O)[O-])C(O)C(=O)O. The molecule has 3 rings (SSSR count). The van der Waals surface area contributed by atoms with Crippen molar-refractivity contribution in [2.45, 2.75) is 58.1 Å². The molecule has 37 heavy (non-hydrogen) atoms. The molecule has 0 heterocycles. The summed E-state index contributed by atoms with van der Waals surface area (Å²) >= 11 is 0. The zero-order valence-electron chi connectivity index (χ0n) is 20.9. The molecule has 0 radical (unpaired) electrons. The maximum atomic E-state index is 14.1. The number of aliphatic carboxylic acids is 2. The third-order valence-electron chi connectivity index (χ3n) is 7.37. The summed E-state index contributed by atoms with van der Waals surface area (Å²) in [5.41, 5.74) is 2.01. The predicted molar refractivity (Wildman–Crippen MR) is 127 cm³/mol. The topological polar surface area (TPSA) is 127 Å². The van der Waals surface area contributed by atoms with Crippen molar-refractivity contribution < 1.29 is 48.0 Å². The Hall–Kier alpha value is -2.92. The molecule has 0 aromatic heterocycles. The molecule has 10 heteroatoms. The fraction of sp³-hybridized carbons (Fsp3) is 0.481. The molecule has 2 aromatic carbocycles. The molecule has 1 aliphatic carbocycles. The molecule has 2 aromatic rings. The first kappa shape index (κ1) is 28.6. The van der Waals surface area contributed by atoms with Gasteiger partial charge in [0, 0.05) is 11.5 Å². The van der Waals surface area contributed by atoms with E-state index in [9.17, 15) is 38.8 Å². The minimum atomic E-state index is -2.33. The minimum Gasteiger partial charge on any atom is -0.542 e. The first-order valence-corrected chi connectivity index (χ1v) is 12.2. The Morgan fingerprint density at radius 3 is 2.11 bits per heavy atom. The van der Waals surface area contributed by atoms with Crippen LogP contribution in [0.15, 0.2) is 36.4 Å². The molecule has 0 saturated heterocycles. The standard InChI is InChI=1S/C27H33F2NO7/c1-16-6-3-7-17(2)23(16)19(14-37-15-20-21(28)10-5-11-22(20)29)13-30(24(31)26(33)34,25(32)27(35)36)12-18-8-4-9-18/h3,5-7,10-11,18-19,24-25,31-32H,4,8-9,12-15H2,1-2H3,(H-,33,34,35,36). The van der Waals surface area contributed by atoms with Crippen LogP contribution >= 0.6 is 0 Å². The third-order valence-corrected chi connectivity index (χ3v) is 7.37. The molecule has 4 atom stereocenters. The van der Waals surface area contributed by atoms with Crippen LogP contribution in [-0.2, 0) is 20.9 Å². The molecule has 0 aliphatic heterocycles. The van der Waals surface area contributed by atoms with E-state index in [1.807, 2.05) is 32.0 Å². The number of carboxylic acid groups (broad SMARTS) is 2. The summed E-state index contributed by atoms with van der Waals surface area (Å²) in [6.07, 6.45) is -2.33. The van der Waals surface area contributed by atoms with Gasteiger partial charge in [0.15, 0.2) is 0 Å². The number of ether oxygens (including phenoxy) is 1. The van der Waals surface area contributed by atoms with Crippen LogP contribution in [-0.4, -0.2) is 63.9 Å². The van der Waals surface area contributed by atoms with E-state index < -0.39 is 53.0 Å². The molecule has 4 unspecified atom stereocenters. The van der Waals surface area contributed by atoms with E-state index in [2.05, 4.69) is 0 Å². The number of quaternary nitrogens is 1. The Balaban J connectivity index is 2.03. The van der Waals surface area contributed by atoms with Crippen molar-refractivity contribution in [3.63, 3.8) is 0 Å². The number of hydrogen-bond donors (Lipinski definition) is 3. The molecular weight excluding hydrogens is 488 g/mol. The van der Waals surface area contributed by atoms with Gasteiger partial charge in [-0.2, -0.15) is 0 Å². The van der Waals surface area contributed by atoms with Gasteiger partial charge in [-0.1, -0.05) is 30.7 Å². The van der Waals surface area contributed by atoms with E-state index in [0.29, 0.717) is 18.4 Å². The smallest absolute Gasteiger partial charge is 0.392 e. The van der Waals surface area contributed by atoms with Crippen LogP contribution in [0.4, 0.5) is 8.78 Å². The summed E-state index contributed by atoms with van der Waals surface area (Å²) in [5.74, 6) is -6.00. The van der Waals surface area contributed by atoms with E-state index in [0.717, 1.165) is 29.7 Å². The Morgan fingerprint density at radius 2 is 1.62 bits per heavy atom. The van der Waals surface area contributed by atoms with Crippen molar-refractivity contribution in [3.8, 4) is 0 Å². The number of carboxylic acids is 2. The van der Waals surface area contributed by atoms with E-state index in [-0.39, 0.29) is 31.2 Å². The highest BCUT2D eigenvalue weighted by Gasteiger charge is 2.51. The zero-order chi connectivity index (χ0) is 27.3. The van der Waals surface area contributed by atoms with Gasteiger partial charge < -0.3 is 30.0 Å². The van der Waals surface area contributed by atoms with Gasteiger partial charge in [-0.25, -0.2) is 13.6 Å². The van der Waals surface area contributed by atoms with Crippen molar-refractivity contribution in [2.24, 2.45) is 5.92 Å². The number of halogens is 2. The summed E-state index contributed by atoms with van der Waals surface area (Å²) < 4.78 is 32.9. The lowest BCUT2D eigenvalue weighted by Gasteiger charge is -2.48. The molecule has 8 nitrogen and oxygen atoms in total. The van der Waals surface area contributed by atoms with Crippen LogP contribution in [0.5, 0.6) is 0 Å². The van der Waals surface area contributed by atoms with Gasteiger partial charge >= 0.3 is 5.97 Å². The average Bonchev–Trinajstić information content (AvgIpc) is 2.80. The number of carbonyl (C=O) groups excluding carboxylic acids is 1. The fourth-order valence-electron chi connectivity index (χ4n) is 5.28. The summed E-state index contributed by atoms with van der Waals surface area (Å²) in [4.78, 5) is 23.9. The number of nitrogens with zero attached hydrogens (tertiary/aromatic N) is 1. The number of carbonyl (C=O) groups is 2. The predicted octanol–water partition coefficient (Wildman–Crippen LogP) is 1.97. The number of rotatable bonds is 13. The summed E-state index contributed by atoms with van der Waals surface area (Å²) in [7, 11) is 0. The Morgan fingerprint density at radius 1 is 1.05 bits per heavy atom. The maximum absolute atomic E-state index is 14.1.